The maximum atomic E-state index is 11.6. The van der Waals surface area contributed by atoms with Crippen molar-refractivity contribution in [3.8, 4) is 0 Å². The molecule has 0 unspecified atom stereocenters. The molecule has 4 heteroatoms. The average Bonchev–Trinajstić information content (AvgIpc) is 2.18. The molecule has 0 heterocycles. The van der Waals surface area contributed by atoms with Crippen LogP contribution in [0.15, 0.2) is 0 Å². The zero-order valence-corrected chi connectivity index (χ0v) is 8.75. The van der Waals surface area contributed by atoms with Gasteiger partial charge in [-0.05, 0) is 25.7 Å². The molecule has 1 radical (unpaired) electrons. The van der Waals surface area contributed by atoms with Crippen LogP contribution in [0.4, 0.5) is 0 Å². The lowest BCUT2D eigenvalue weighted by atomic mass is 9.85. The Morgan fingerprint density at radius 2 is 1.86 bits per heavy atom. The standard InChI is InChI=1S/C10H17N2O2/c1-12(2)10(14)8-3-5-9(6-4-8)11-7-13/h8-9H,3-6H2,1-2H3,(H,11,13). The molecule has 1 saturated carbocycles. The molecule has 79 valence electrons. The summed E-state index contributed by atoms with van der Waals surface area (Å²) in [6, 6.07) is 0.221. The van der Waals surface area contributed by atoms with Gasteiger partial charge >= 0.3 is 6.41 Å². The van der Waals surface area contributed by atoms with Gasteiger partial charge in [-0.15, -0.1) is 0 Å². The number of carbonyl (C=O) groups is 1. The van der Waals surface area contributed by atoms with Crippen LogP contribution in [0.5, 0.6) is 0 Å². The van der Waals surface area contributed by atoms with Crippen LogP contribution in [0.3, 0.4) is 0 Å². The van der Waals surface area contributed by atoms with Crippen molar-refractivity contribution in [2.45, 2.75) is 31.7 Å². The van der Waals surface area contributed by atoms with Gasteiger partial charge in [0.05, 0.1) is 0 Å². The number of nitrogens with one attached hydrogen (secondary N) is 1. The molecule has 0 atom stereocenters. The molecule has 1 rings (SSSR count). The first-order chi connectivity index (χ1) is 6.65. The van der Waals surface area contributed by atoms with E-state index in [2.05, 4.69) is 5.32 Å². The van der Waals surface area contributed by atoms with Crippen molar-refractivity contribution in [3.63, 3.8) is 0 Å². The lowest BCUT2D eigenvalue weighted by Crippen LogP contribution is -2.37. The Kier molecular flexibility index (Phi) is 3.92. The van der Waals surface area contributed by atoms with E-state index in [1.54, 1.807) is 25.4 Å². The van der Waals surface area contributed by atoms with E-state index in [9.17, 15) is 9.59 Å². The molecule has 0 aliphatic heterocycles. The Bertz CT molecular complexity index is 208. The Labute approximate surface area is 84.7 Å². The van der Waals surface area contributed by atoms with Crippen LogP contribution in [0.1, 0.15) is 25.7 Å². The minimum atomic E-state index is 0.148. The highest BCUT2D eigenvalue weighted by atomic mass is 16.2. The molecular formula is C10H17N2O2. The van der Waals surface area contributed by atoms with Crippen molar-refractivity contribution in [2.24, 2.45) is 5.92 Å². The molecule has 0 spiro atoms. The molecule has 0 aromatic rings. The number of rotatable bonds is 3. The minimum Gasteiger partial charge on any atom is -0.349 e. The van der Waals surface area contributed by atoms with Crippen LogP contribution in [0, 0.1) is 5.92 Å². The SMILES string of the molecule is CN(C)C(=O)C1CCC(N[C]=O)CC1. The second-order valence-corrected chi connectivity index (χ2v) is 4.03. The molecule has 1 aliphatic carbocycles. The van der Waals surface area contributed by atoms with Crippen LogP contribution in [-0.4, -0.2) is 37.4 Å². The molecule has 0 bridgehead atoms. The highest BCUT2D eigenvalue weighted by molar-refractivity contribution is 5.78. The van der Waals surface area contributed by atoms with Crippen LogP contribution in [0.25, 0.3) is 0 Å². The Balaban J connectivity index is 2.35. The fourth-order valence-electron chi connectivity index (χ4n) is 1.93. The maximum absolute atomic E-state index is 11.6. The van der Waals surface area contributed by atoms with E-state index < -0.39 is 0 Å². The largest absolute Gasteiger partial charge is 0.349 e. The third-order valence-electron chi connectivity index (χ3n) is 2.78. The minimum absolute atomic E-state index is 0.148. The van der Waals surface area contributed by atoms with E-state index in [4.69, 9.17) is 0 Å². The molecular weight excluding hydrogens is 180 g/mol. The summed E-state index contributed by atoms with van der Waals surface area (Å²) in [6.07, 6.45) is 5.23. The molecule has 0 aromatic heterocycles. The normalized spacial score (nSPS) is 26.7. The zero-order valence-electron chi connectivity index (χ0n) is 8.75. The van der Waals surface area contributed by atoms with E-state index in [-0.39, 0.29) is 17.9 Å². The summed E-state index contributed by atoms with van der Waals surface area (Å²) >= 11 is 0. The average molecular weight is 197 g/mol. The zero-order chi connectivity index (χ0) is 10.6. The molecule has 1 fully saturated rings. The number of hydrogen-bond acceptors (Lipinski definition) is 2. The number of nitrogens with zero attached hydrogens (tertiary/aromatic N) is 1. The van der Waals surface area contributed by atoms with E-state index >= 15 is 0 Å². The molecule has 4 nitrogen and oxygen atoms in total. The smallest absolute Gasteiger partial charge is 0.309 e. The van der Waals surface area contributed by atoms with Crippen molar-refractivity contribution >= 4 is 12.3 Å². The Morgan fingerprint density at radius 1 is 1.29 bits per heavy atom. The van der Waals surface area contributed by atoms with Gasteiger partial charge < -0.3 is 10.2 Å². The molecule has 0 aromatic carbocycles. The number of hydrogen-bond donors (Lipinski definition) is 1. The van der Waals surface area contributed by atoms with Crippen molar-refractivity contribution < 1.29 is 9.59 Å². The fourth-order valence-corrected chi connectivity index (χ4v) is 1.93. The van der Waals surface area contributed by atoms with Crippen molar-refractivity contribution in [1.29, 1.82) is 0 Å². The predicted octanol–water partition coefficient (Wildman–Crippen LogP) is 0.290. The molecule has 1 N–H and O–H groups in total. The summed E-state index contributed by atoms with van der Waals surface area (Å²) in [7, 11) is 3.57. The summed E-state index contributed by atoms with van der Waals surface area (Å²) < 4.78 is 0. The van der Waals surface area contributed by atoms with Gasteiger partial charge in [-0.1, -0.05) is 0 Å². The molecule has 14 heavy (non-hydrogen) atoms. The van der Waals surface area contributed by atoms with E-state index in [0.717, 1.165) is 25.7 Å². The van der Waals surface area contributed by atoms with Gasteiger partial charge in [-0.2, -0.15) is 0 Å². The summed E-state index contributed by atoms with van der Waals surface area (Å²) in [5.41, 5.74) is 0. The van der Waals surface area contributed by atoms with Gasteiger partial charge in [0.2, 0.25) is 5.91 Å². The molecule has 0 saturated heterocycles. The maximum Gasteiger partial charge on any atom is 0.309 e. The fraction of sp³-hybridized carbons (Fsp3) is 0.800. The van der Waals surface area contributed by atoms with Crippen LogP contribution in [0.2, 0.25) is 0 Å². The summed E-state index contributed by atoms with van der Waals surface area (Å²) in [5, 5.41) is 2.64. The van der Waals surface area contributed by atoms with Crippen LogP contribution in [-0.2, 0) is 9.59 Å². The molecule has 1 aliphatic rings. The Morgan fingerprint density at radius 3 is 2.29 bits per heavy atom. The third-order valence-corrected chi connectivity index (χ3v) is 2.78. The summed E-state index contributed by atoms with van der Waals surface area (Å²) in [6.45, 7) is 0. The second-order valence-electron chi connectivity index (χ2n) is 4.03. The van der Waals surface area contributed by atoms with Crippen molar-refractivity contribution in [1.82, 2.24) is 10.2 Å². The van der Waals surface area contributed by atoms with Gasteiger partial charge in [0.15, 0.2) is 0 Å². The highest BCUT2D eigenvalue weighted by Crippen LogP contribution is 2.25. The lowest BCUT2D eigenvalue weighted by molar-refractivity contribution is -0.134. The number of carbonyl (C=O) groups excluding carboxylic acids is 2. The predicted molar refractivity (Wildman–Crippen MR) is 53.3 cm³/mol. The summed E-state index contributed by atoms with van der Waals surface area (Å²) in [4.78, 5) is 23.3. The van der Waals surface area contributed by atoms with Crippen molar-refractivity contribution in [2.75, 3.05) is 14.1 Å². The number of amides is 2. The first-order valence-electron chi connectivity index (χ1n) is 4.99. The van der Waals surface area contributed by atoms with Gasteiger partial charge in [-0.3, -0.25) is 9.59 Å². The third kappa shape index (κ3) is 2.72. The quantitative estimate of drug-likeness (QED) is 0.661. The van der Waals surface area contributed by atoms with Crippen LogP contribution < -0.4 is 5.32 Å². The van der Waals surface area contributed by atoms with Gasteiger partial charge in [0.1, 0.15) is 0 Å². The first-order valence-corrected chi connectivity index (χ1v) is 4.99. The van der Waals surface area contributed by atoms with Crippen LogP contribution >= 0.6 is 0 Å². The van der Waals surface area contributed by atoms with Gasteiger partial charge in [0.25, 0.3) is 0 Å². The monoisotopic (exact) mass is 197 g/mol. The Hall–Kier alpha value is -1.06. The van der Waals surface area contributed by atoms with E-state index in [1.807, 2.05) is 0 Å². The highest BCUT2D eigenvalue weighted by Gasteiger charge is 2.26. The van der Waals surface area contributed by atoms with Gasteiger partial charge in [-0.25, -0.2) is 0 Å². The van der Waals surface area contributed by atoms with Crippen molar-refractivity contribution in [3.05, 3.63) is 0 Å². The second kappa shape index (κ2) is 4.98. The first kappa shape index (κ1) is 11.0. The topological polar surface area (TPSA) is 49.4 Å². The van der Waals surface area contributed by atoms with Gasteiger partial charge in [0, 0.05) is 26.1 Å². The molecule has 2 amide bonds. The van der Waals surface area contributed by atoms with E-state index in [0.29, 0.717) is 0 Å². The lowest BCUT2D eigenvalue weighted by Gasteiger charge is -2.28. The van der Waals surface area contributed by atoms with E-state index in [1.165, 1.54) is 0 Å². The summed E-state index contributed by atoms with van der Waals surface area (Å²) in [5.74, 6) is 0.355.